The van der Waals surface area contributed by atoms with Crippen LogP contribution in [0.2, 0.25) is 0 Å². The van der Waals surface area contributed by atoms with Gasteiger partial charge in [0.15, 0.2) is 15.6 Å². The van der Waals surface area contributed by atoms with Crippen LogP contribution < -0.4 is 0 Å². The van der Waals surface area contributed by atoms with E-state index in [1.807, 2.05) is 0 Å². The predicted octanol–water partition coefficient (Wildman–Crippen LogP) is 1.76. The summed E-state index contributed by atoms with van der Waals surface area (Å²) in [7, 11) is -3.49. The van der Waals surface area contributed by atoms with Gasteiger partial charge in [0.05, 0.1) is 4.90 Å². The highest BCUT2D eigenvalue weighted by Crippen LogP contribution is 2.19. The lowest BCUT2D eigenvalue weighted by atomic mass is 10.1. The van der Waals surface area contributed by atoms with Crippen molar-refractivity contribution in [2.75, 3.05) is 6.26 Å². The van der Waals surface area contributed by atoms with Crippen LogP contribution in [-0.2, 0) is 16.5 Å². The number of sulfone groups is 1. The fourth-order valence-corrected chi connectivity index (χ4v) is 2.17. The number of carbonyl (C=O) groups is 1. The van der Waals surface area contributed by atoms with E-state index in [1.165, 1.54) is 25.1 Å². The van der Waals surface area contributed by atoms with E-state index in [-0.39, 0.29) is 21.8 Å². The Kier molecular flexibility index (Phi) is 3.24. The van der Waals surface area contributed by atoms with Gasteiger partial charge in [-0.25, -0.2) is 12.8 Å². The van der Waals surface area contributed by atoms with Crippen LogP contribution in [0.4, 0.5) is 4.39 Å². The molecule has 0 amide bonds. The maximum atomic E-state index is 12.5. The Hall–Kier alpha value is -1.23. The summed E-state index contributed by atoms with van der Waals surface area (Å²) in [5, 5.41) is 0. The summed E-state index contributed by atoms with van der Waals surface area (Å²) in [5.74, 6) is -0.245. The van der Waals surface area contributed by atoms with Gasteiger partial charge in [-0.2, -0.15) is 0 Å². The number of halogens is 1. The fraction of sp³-hybridized carbons (Fsp3) is 0.300. The van der Waals surface area contributed by atoms with Gasteiger partial charge < -0.3 is 0 Å². The lowest BCUT2D eigenvalue weighted by Crippen LogP contribution is -2.04. The molecule has 0 spiro atoms. The smallest absolute Gasteiger partial charge is 0.175 e. The van der Waals surface area contributed by atoms with Crippen molar-refractivity contribution in [3.63, 3.8) is 0 Å². The summed E-state index contributed by atoms with van der Waals surface area (Å²) in [6.07, 6.45) is 0.991. The molecule has 82 valence electrons. The number of benzene rings is 1. The van der Waals surface area contributed by atoms with Crippen molar-refractivity contribution in [3.8, 4) is 0 Å². The third kappa shape index (κ3) is 2.62. The lowest BCUT2D eigenvalue weighted by molar-refractivity contribution is 0.101. The quantitative estimate of drug-likeness (QED) is 0.743. The molecule has 0 saturated carbocycles. The minimum absolute atomic E-state index is 0.0856. The van der Waals surface area contributed by atoms with Gasteiger partial charge in [-0.15, -0.1) is 0 Å². The summed E-state index contributed by atoms with van der Waals surface area (Å²) in [5.41, 5.74) is 0.357. The Labute approximate surface area is 87.8 Å². The molecule has 1 rings (SSSR count). The number of hydrogen-bond donors (Lipinski definition) is 0. The Morgan fingerprint density at radius 2 is 2.00 bits per heavy atom. The van der Waals surface area contributed by atoms with Crippen molar-refractivity contribution in [1.82, 2.24) is 0 Å². The first-order valence-electron chi connectivity index (χ1n) is 4.26. The maximum Gasteiger partial charge on any atom is 0.175 e. The third-order valence-corrected chi connectivity index (χ3v) is 3.20. The van der Waals surface area contributed by atoms with Crippen LogP contribution in [0.15, 0.2) is 23.1 Å². The van der Waals surface area contributed by atoms with E-state index >= 15 is 0 Å². The van der Waals surface area contributed by atoms with Crippen LogP contribution in [-0.4, -0.2) is 20.5 Å². The Morgan fingerprint density at radius 3 is 2.40 bits per heavy atom. The van der Waals surface area contributed by atoms with E-state index in [0.717, 1.165) is 6.26 Å². The number of hydrogen-bond acceptors (Lipinski definition) is 3. The lowest BCUT2D eigenvalue weighted by Gasteiger charge is -2.05. The largest absolute Gasteiger partial charge is 0.295 e. The third-order valence-electron chi connectivity index (χ3n) is 2.02. The molecule has 0 heterocycles. The number of rotatable bonds is 3. The van der Waals surface area contributed by atoms with Crippen molar-refractivity contribution < 1.29 is 17.6 Å². The van der Waals surface area contributed by atoms with Gasteiger partial charge in [0.2, 0.25) is 0 Å². The molecule has 0 unspecified atom stereocenters. The van der Waals surface area contributed by atoms with Gasteiger partial charge in [-0.3, -0.25) is 4.79 Å². The maximum absolute atomic E-state index is 12.5. The number of Topliss-reactive ketones (excluding diaryl/α,β-unsaturated/α-hetero) is 1. The summed E-state index contributed by atoms with van der Waals surface area (Å²) in [6.45, 7) is 0.469. The molecule has 0 N–H and O–H groups in total. The average molecular weight is 230 g/mol. The zero-order valence-corrected chi connectivity index (χ0v) is 9.27. The molecule has 0 bridgehead atoms. The second kappa shape index (κ2) is 4.10. The Bertz CT molecular complexity index is 491. The van der Waals surface area contributed by atoms with E-state index < -0.39 is 16.5 Å². The summed E-state index contributed by atoms with van der Waals surface area (Å²) < 4.78 is 35.1. The van der Waals surface area contributed by atoms with Gasteiger partial charge in [0.25, 0.3) is 0 Å². The van der Waals surface area contributed by atoms with Crippen LogP contribution in [0.25, 0.3) is 0 Å². The van der Waals surface area contributed by atoms with Gasteiger partial charge in [-0.1, -0.05) is 12.1 Å². The van der Waals surface area contributed by atoms with E-state index in [2.05, 4.69) is 0 Å². The highest BCUT2D eigenvalue weighted by atomic mass is 32.2. The first-order chi connectivity index (χ1) is 6.86. The van der Waals surface area contributed by atoms with Crippen molar-refractivity contribution in [3.05, 3.63) is 29.3 Å². The molecular formula is C10H11FO3S. The predicted molar refractivity (Wildman–Crippen MR) is 54.4 cm³/mol. The molecule has 3 nitrogen and oxygen atoms in total. The topological polar surface area (TPSA) is 51.2 Å². The molecule has 0 aliphatic rings. The first kappa shape index (κ1) is 11.8. The van der Waals surface area contributed by atoms with Crippen LogP contribution >= 0.6 is 0 Å². The molecular weight excluding hydrogens is 219 g/mol. The van der Waals surface area contributed by atoms with Gasteiger partial charge in [-0.05, 0) is 13.0 Å². The second-order valence-electron chi connectivity index (χ2n) is 3.28. The van der Waals surface area contributed by atoms with Gasteiger partial charge in [0.1, 0.15) is 6.67 Å². The standard InChI is InChI=1S/C10H11FO3S/c1-7(12)8-3-4-9(6-11)10(5-8)15(2,13)14/h3-5H,6H2,1-2H3. The summed E-state index contributed by atoms with van der Waals surface area (Å²) in [6, 6.07) is 3.96. The van der Waals surface area contributed by atoms with Gasteiger partial charge >= 0.3 is 0 Å². The van der Waals surface area contributed by atoms with E-state index in [4.69, 9.17) is 0 Å². The zero-order chi connectivity index (χ0) is 11.6. The Morgan fingerprint density at radius 1 is 1.40 bits per heavy atom. The zero-order valence-electron chi connectivity index (χ0n) is 8.45. The first-order valence-corrected chi connectivity index (χ1v) is 6.15. The van der Waals surface area contributed by atoms with Gasteiger partial charge in [0, 0.05) is 17.4 Å². The van der Waals surface area contributed by atoms with Crippen molar-refractivity contribution in [1.29, 1.82) is 0 Å². The number of ketones is 1. The van der Waals surface area contributed by atoms with Crippen molar-refractivity contribution in [2.24, 2.45) is 0 Å². The van der Waals surface area contributed by atoms with Crippen molar-refractivity contribution in [2.45, 2.75) is 18.5 Å². The molecule has 0 fully saturated rings. The highest BCUT2D eigenvalue weighted by molar-refractivity contribution is 7.90. The van der Waals surface area contributed by atoms with E-state index in [0.29, 0.717) is 0 Å². The average Bonchev–Trinajstić information content (AvgIpc) is 2.15. The molecule has 0 aliphatic heterocycles. The van der Waals surface area contributed by atoms with E-state index in [9.17, 15) is 17.6 Å². The van der Waals surface area contributed by atoms with E-state index in [1.54, 1.807) is 0 Å². The molecule has 5 heteroatoms. The molecule has 1 aromatic rings. The van der Waals surface area contributed by atoms with Crippen LogP contribution in [0.3, 0.4) is 0 Å². The highest BCUT2D eigenvalue weighted by Gasteiger charge is 2.15. The minimum atomic E-state index is -3.49. The molecule has 0 saturated heterocycles. The SMILES string of the molecule is CC(=O)c1ccc(CF)c(S(C)(=O)=O)c1. The Balaban J connectivity index is 3.46. The number of alkyl halides is 1. The molecule has 15 heavy (non-hydrogen) atoms. The summed E-state index contributed by atoms with van der Waals surface area (Å²) in [4.78, 5) is 10.9. The molecule has 1 aromatic carbocycles. The molecule has 0 atom stereocenters. The molecule has 0 aromatic heterocycles. The van der Waals surface area contributed by atoms with Crippen molar-refractivity contribution >= 4 is 15.6 Å². The van der Waals surface area contributed by atoms with Crippen LogP contribution in [0.5, 0.6) is 0 Å². The second-order valence-corrected chi connectivity index (χ2v) is 5.27. The normalized spacial score (nSPS) is 11.4. The monoisotopic (exact) mass is 230 g/mol. The fourth-order valence-electron chi connectivity index (χ4n) is 1.23. The molecule has 0 radical (unpaired) electrons. The number of carbonyl (C=O) groups excluding carboxylic acids is 1. The molecule has 0 aliphatic carbocycles. The van der Waals surface area contributed by atoms with Crippen LogP contribution in [0, 0.1) is 0 Å². The van der Waals surface area contributed by atoms with Crippen LogP contribution in [0.1, 0.15) is 22.8 Å². The minimum Gasteiger partial charge on any atom is -0.295 e. The summed E-state index contributed by atoms with van der Waals surface area (Å²) >= 11 is 0.